The Bertz CT molecular complexity index is 336. The van der Waals surface area contributed by atoms with Crippen LogP contribution in [0.5, 0.6) is 0 Å². The second kappa shape index (κ2) is 3.23. The molecule has 0 bridgehead atoms. The second-order valence-electron chi connectivity index (χ2n) is 5.23. The number of hydrogen-bond acceptors (Lipinski definition) is 3. The van der Waals surface area contributed by atoms with Crippen molar-refractivity contribution in [1.29, 1.82) is 0 Å². The molecule has 0 aliphatic heterocycles. The lowest BCUT2D eigenvalue weighted by Gasteiger charge is -2.33. The summed E-state index contributed by atoms with van der Waals surface area (Å²) in [6.07, 6.45) is 3.55. The van der Waals surface area contributed by atoms with E-state index in [0.717, 1.165) is 17.5 Å². The third-order valence-electron chi connectivity index (χ3n) is 3.18. The molecule has 0 saturated heterocycles. The fourth-order valence-electron chi connectivity index (χ4n) is 2.13. The second-order valence-corrected chi connectivity index (χ2v) is 6.34. The van der Waals surface area contributed by atoms with Gasteiger partial charge in [0, 0.05) is 4.88 Å². The lowest BCUT2D eigenvalue weighted by Crippen LogP contribution is -2.26. The van der Waals surface area contributed by atoms with Crippen molar-refractivity contribution in [1.82, 2.24) is 4.98 Å². The fourth-order valence-corrected chi connectivity index (χ4v) is 3.09. The van der Waals surface area contributed by atoms with Gasteiger partial charge in [-0.15, -0.1) is 11.3 Å². The number of fused-ring (bicyclic) bond motifs is 1. The van der Waals surface area contributed by atoms with Gasteiger partial charge in [0.15, 0.2) is 5.13 Å². The Hall–Kier alpha value is -0.570. The Labute approximate surface area is 89.5 Å². The first-order valence-electron chi connectivity index (χ1n) is 5.21. The van der Waals surface area contributed by atoms with E-state index in [1.807, 2.05) is 0 Å². The van der Waals surface area contributed by atoms with Gasteiger partial charge in [-0.2, -0.15) is 0 Å². The van der Waals surface area contributed by atoms with Gasteiger partial charge >= 0.3 is 0 Å². The molecule has 1 atom stereocenters. The SMILES string of the molecule is CC(C)(C)[C@H]1CCc2nc(N)sc2C1. The molecular formula is C11H18N2S. The standard InChI is InChI=1S/C11H18N2S/c1-11(2,3)7-4-5-8-9(6-7)14-10(12)13-8/h7H,4-6H2,1-3H3,(H2,12,13)/t7-/m0/s1. The van der Waals surface area contributed by atoms with Crippen LogP contribution in [0, 0.1) is 11.3 Å². The minimum Gasteiger partial charge on any atom is -0.375 e. The van der Waals surface area contributed by atoms with E-state index < -0.39 is 0 Å². The average molecular weight is 210 g/mol. The van der Waals surface area contributed by atoms with E-state index in [1.54, 1.807) is 11.3 Å². The maximum atomic E-state index is 5.72. The average Bonchev–Trinajstić information content (AvgIpc) is 2.41. The molecule has 1 aromatic heterocycles. The van der Waals surface area contributed by atoms with Crippen molar-refractivity contribution in [2.45, 2.75) is 40.0 Å². The van der Waals surface area contributed by atoms with Crippen LogP contribution in [-0.4, -0.2) is 4.98 Å². The first-order chi connectivity index (χ1) is 6.47. The fraction of sp³-hybridized carbons (Fsp3) is 0.727. The van der Waals surface area contributed by atoms with Gasteiger partial charge in [-0.25, -0.2) is 4.98 Å². The number of nitrogen functional groups attached to an aromatic ring is 1. The summed E-state index contributed by atoms with van der Waals surface area (Å²) < 4.78 is 0. The smallest absolute Gasteiger partial charge is 0.180 e. The highest BCUT2D eigenvalue weighted by Gasteiger charge is 2.30. The molecule has 0 spiro atoms. The van der Waals surface area contributed by atoms with E-state index in [1.165, 1.54) is 23.4 Å². The molecule has 0 saturated carbocycles. The van der Waals surface area contributed by atoms with Gasteiger partial charge in [0.2, 0.25) is 0 Å². The van der Waals surface area contributed by atoms with Crippen molar-refractivity contribution >= 4 is 16.5 Å². The Balaban J connectivity index is 2.21. The van der Waals surface area contributed by atoms with Crippen molar-refractivity contribution in [2.24, 2.45) is 11.3 Å². The molecule has 1 heterocycles. The lowest BCUT2D eigenvalue weighted by atomic mass is 9.73. The van der Waals surface area contributed by atoms with E-state index in [9.17, 15) is 0 Å². The third kappa shape index (κ3) is 1.78. The molecular weight excluding hydrogens is 192 g/mol. The summed E-state index contributed by atoms with van der Waals surface area (Å²) in [5.74, 6) is 0.787. The highest BCUT2D eigenvalue weighted by Crippen LogP contribution is 2.39. The number of rotatable bonds is 0. The van der Waals surface area contributed by atoms with E-state index >= 15 is 0 Å². The van der Waals surface area contributed by atoms with E-state index in [-0.39, 0.29) is 0 Å². The normalized spacial score (nSPS) is 22.1. The van der Waals surface area contributed by atoms with Crippen LogP contribution in [0.1, 0.15) is 37.8 Å². The predicted octanol–water partition coefficient (Wildman–Crippen LogP) is 2.88. The van der Waals surface area contributed by atoms with Gasteiger partial charge in [-0.05, 0) is 30.6 Å². The van der Waals surface area contributed by atoms with Gasteiger partial charge < -0.3 is 5.73 Å². The monoisotopic (exact) mass is 210 g/mol. The van der Waals surface area contributed by atoms with Crippen LogP contribution in [0.15, 0.2) is 0 Å². The van der Waals surface area contributed by atoms with Gasteiger partial charge in [0.25, 0.3) is 0 Å². The van der Waals surface area contributed by atoms with Crippen LogP contribution in [0.25, 0.3) is 0 Å². The molecule has 0 amide bonds. The topological polar surface area (TPSA) is 38.9 Å². The van der Waals surface area contributed by atoms with Crippen molar-refractivity contribution in [3.05, 3.63) is 10.6 Å². The van der Waals surface area contributed by atoms with Crippen molar-refractivity contribution in [3.63, 3.8) is 0 Å². The molecule has 14 heavy (non-hydrogen) atoms. The largest absolute Gasteiger partial charge is 0.375 e. The highest BCUT2D eigenvalue weighted by atomic mass is 32.1. The van der Waals surface area contributed by atoms with Crippen LogP contribution >= 0.6 is 11.3 Å². The van der Waals surface area contributed by atoms with Gasteiger partial charge in [0.1, 0.15) is 0 Å². The maximum absolute atomic E-state index is 5.72. The molecule has 2 N–H and O–H groups in total. The summed E-state index contributed by atoms with van der Waals surface area (Å²) in [4.78, 5) is 5.79. The highest BCUT2D eigenvalue weighted by molar-refractivity contribution is 7.15. The molecule has 1 aromatic rings. The predicted molar refractivity (Wildman–Crippen MR) is 61.5 cm³/mol. The minimum absolute atomic E-state index is 0.413. The van der Waals surface area contributed by atoms with Crippen LogP contribution in [0.2, 0.25) is 0 Å². The van der Waals surface area contributed by atoms with Gasteiger partial charge in [0.05, 0.1) is 5.69 Å². The molecule has 0 unspecified atom stereocenters. The van der Waals surface area contributed by atoms with Crippen molar-refractivity contribution in [3.8, 4) is 0 Å². The van der Waals surface area contributed by atoms with E-state index in [2.05, 4.69) is 25.8 Å². The van der Waals surface area contributed by atoms with Gasteiger partial charge in [-0.1, -0.05) is 20.8 Å². The van der Waals surface area contributed by atoms with Crippen LogP contribution in [0.3, 0.4) is 0 Å². The number of aromatic nitrogens is 1. The zero-order chi connectivity index (χ0) is 10.3. The number of aryl methyl sites for hydroxylation is 1. The minimum atomic E-state index is 0.413. The van der Waals surface area contributed by atoms with Crippen molar-refractivity contribution < 1.29 is 0 Å². The molecule has 1 aliphatic rings. The zero-order valence-corrected chi connectivity index (χ0v) is 9.95. The Kier molecular flexibility index (Phi) is 2.30. The van der Waals surface area contributed by atoms with E-state index in [4.69, 9.17) is 5.73 Å². The summed E-state index contributed by atoms with van der Waals surface area (Å²) in [5.41, 5.74) is 7.39. The number of anilines is 1. The summed E-state index contributed by atoms with van der Waals surface area (Å²) in [6, 6.07) is 0. The molecule has 3 heteroatoms. The summed E-state index contributed by atoms with van der Waals surface area (Å²) in [5, 5.41) is 0.740. The van der Waals surface area contributed by atoms with Crippen LogP contribution in [-0.2, 0) is 12.8 Å². The first kappa shape index (κ1) is 9.97. The number of nitrogens with two attached hydrogens (primary N) is 1. The quantitative estimate of drug-likeness (QED) is 0.715. The lowest BCUT2D eigenvalue weighted by molar-refractivity contribution is 0.217. The van der Waals surface area contributed by atoms with E-state index in [0.29, 0.717) is 5.41 Å². The Morgan fingerprint density at radius 2 is 2.14 bits per heavy atom. The van der Waals surface area contributed by atoms with Crippen LogP contribution < -0.4 is 5.73 Å². The molecule has 0 aromatic carbocycles. The van der Waals surface area contributed by atoms with Gasteiger partial charge in [-0.3, -0.25) is 0 Å². The molecule has 2 rings (SSSR count). The molecule has 78 valence electrons. The summed E-state index contributed by atoms with van der Waals surface area (Å²) in [7, 11) is 0. The number of hydrogen-bond donors (Lipinski definition) is 1. The first-order valence-corrected chi connectivity index (χ1v) is 6.02. The molecule has 0 fully saturated rings. The summed E-state index contributed by atoms with van der Waals surface area (Å²) >= 11 is 1.68. The molecule has 2 nitrogen and oxygen atoms in total. The Morgan fingerprint density at radius 3 is 2.79 bits per heavy atom. The maximum Gasteiger partial charge on any atom is 0.180 e. The number of nitrogens with zero attached hydrogens (tertiary/aromatic N) is 1. The molecule has 1 aliphatic carbocycles. The number of thiazole rings is 1. The molecule has 0 radical (unpaired) electrons. The van der Waals surface area contributed by atoms with Crippen molar-refractivity contribution in [2.75, 3.05) is 5.73 Å². The Morgan fingerprint density at radius 1 is 1.43 bits per heavy atom. The zero-order valence-electron chi connectivity index (χ0n) is 9.13. The van der Waals surface area contributed by atoms with Crippen LogP contribution in [0.4, 0.5) is 5.13 Å². The summed E-state index contributed by atoms with van der Waals surface area (Å²) in [6.45, 7) is 6.98. The third-order valence-corrected chi connectivity index (χ3v) is 4.13.